The molecule has 0 spiro atoms. The van der Waals surface area contributed by atoms with Crippen LogP contribution in [0.3, 0.4) is 0 Å². The molecule has 0 saturated carbocycles. The molecule has 134 valence electrons. The maximum Gasteiger partial charge on any atom is 0.234 e. The molecule has 0 radical (unpaired) electrons. The highest BCUT2D eigenvalue weighted by atomic mass is 16.2. The molecule has 1 amide bonds. The van der Waals surface area contributed by atoms with Gasteiger partial charge in [0.25, 0.3) is 0 Å². The standard InChI is InChI=1S/C20H28N4O/c1-16-6-3-4-8-18(16)13-22-20(25)15-24-10-5-7-17(14-24)12-19-21-9-11-23(19)2/h3-4,6,8-9,11,17H,5,7,10,12-15H2,1-2H3,(H,22,25)/t17-/m0/s1. The summed E-state index contributed by atoms with van der Waals surface area (Å²) in [6.07, 6.45) is 7.21. The number of nitrogens with zero attached hydrogens (tertiary/aromatic N) is 3. The zero-order valence-corrected chi connectivity index (χ0v) is 15.2. The molecule has 1 aromatic carbocycles. The van der Waals surface area contributed by atoms with Crippen LogP contribution in [0, 0.1) is 12.8 Å². The van der Waals surface area contributed by atoms with E-state index in [-0.39, 0.29) is 5.91 Å². The lowest BCUT2D eigenvalue weighted by atomic mass is 9.94. The van der Waals surface area contributed by atoms with Crippen molar-refractivity contribution in [2.75, 3.05) is 19.6 Å². The summed E-state index contributed by atoms with van der Waals surface area (Å²) in [5.41, 5.74) is 2.40. The number of nitrogens with one attached hydrogen (secondary N) is 1. The Morgan fingerprint density at radius 2 is 2.20 bits per heavy atom. The van der Waals surface area contributed by atoms with Crippen LogP contribution in [-0.4, -0.2) is 40.0 Å². The molecule has 1 saturated heterocycles. The monoisotopic (exact) mass is 340 g/mol. The Balaban J connectivity index is 1.46. The van der Waals surface area contributed by atoms with Gasteiger partial charge in [-0.15, -0.1) is 0 Å². The van der Waals surface area contributed by atoms with Gasteiger partial charge in [0.1, 0.15) is 5.82 Å². The molecule has 0 bridgehead atoms. The van der Waals surface area contributed by atoms with E-state index in [4.69, 9.17) is 0 Å². The van der Waals surface area contributed by atoms with E-state index in [1.54, 1.807) is 0 Å². The largest absolute Gasteiger partial charge is 0.351 e. The van der Waals surface area contributed by atoms with E-state index in [1.165, 1.54) is 17.5 Å². The molecule has 25 heavy (non-hydrogen) atoms. The van der Waals surface area contributed by atoms with E-state index in [0.717, 1.165) is 31.8 Å². The van der Waals surface area contributed by atoms with E-state index in [9.17, 15) is 4.79 Å². The third-order valence-corrected chi connectivity index (χ3v) is 5.10. The number of aromatic nitrogens is 2. The maximum absolute atomic E-state index is 12.3. The molecule has 5 nitrogen and oxygen atoms in total. The second kappa shape index (κ2) is 8.30. The van der Waals surface area contributed by atoms with Crippen LogP contribution in [0.1, 0.15) is 29.8 Å². The average Bonchev–Trinajstić information content (AvgIpc) is 2.99. The Bertz CT molecular complexity index is 709. The number of piperidine rings is 1. The molecule has 1 fully saturated rings. The van der Waals surface area contributed by atoms with E-state index in [2.05, 4.69) is 38.8 Å². The third kappa shape index (κ3) is 4.92. The number of hydrogen-bond donors (Lipinski definition) is 1. The van der Waals surface area contributed by atoms with Crippen LogP contribution < -0.4 is 5.32 Å². The summed E-state index contributed by atoms with van der Waals surface area (Å²) in [6.45, 7) is 5.16. The van der Waals surface area contributed by atoms with Gasteiger partial charge in [-0.2, -0.15) is 0 Å². The minimum Gasteiger partial charge on any atom is -0.351 e. The normalized spacial score (nSPS) is 18.2. The second-order valence-corrected chi connectivity index (χ2v) is 7.11. The Hall–Kier alpha value is -2.14. The zero-order valence-electron chi connectivity index (χ0n) is 15.2. The lowest BCUT2D eigenvalue weighted by Crippen LogP contribution is -2.43. The summed E-state index contributed by atoms with van der Waals surface area (Å²) in [4.78, 5) is 19.0. The number of carbonyl (C=O) groups is 1. The van der Waals surface area contributed by atoms with Crippen LogP contribution in [0.15, 0.2) is 36.7 Å². The van der Waals surface area contributed by atoms with Gasteiger partial charge >= 0.3 is 0 Å². The molecular formula is C20H28N4O. The summed E-state index contributed by atoms with van der Waals surface area (Å²) >= 11 is 0. The molecule has 2 heterocycles. The van der Waals surface area contributed by atoms with Crippen molar-refractivity contribution in [2.45, 2.75) is 32.7 Å². The Morgan fingerprint density at radius 3 is 2.96 bits per heavy atom. The van der Waals surface area contributed by atoms with Gasteiger partial charge in [-0.05, 0) is 43.4 Å². The molecule has 0 aliphatic carbocycles. The van der Waals surface area contributed by atoms with Gasteiger partial charge in [0.05, 0.1) is 6.54 Å². The first-order valence-corrected chi connectivity index (χ1v) is 9.11. The van der Waals surface area contributed by atoms with Crippen molar-refractivity contribution in [3.8, 4) is 0 Å². The fourth-order valence-electron chi connectivity index (χ4n) is 3.57. The molecule has 0 unspecified atom stereocenters. The molecule has 1 aliphatic heterocycles. The van der Waals surface area contributed by atoms with Crippen LogP contribution in [0.2, 0.25) is 0 Å². The highest BCUT2D eigenvalue weighted by Crippen LogP contribution is 2.20. The maximum atomic E-state index is 12.3. The van der Waals surface area contributed by atoms with E-state index >= 15 is 0 Å². The summed E-state index contributed by atoms with van der Waals surface area (Å²) in [6, 6.07) is 8.19. The predicted molar refractivity (Wildman–Crippen MR) is 99.1 cm³/mol. The van der Waals surface area contributed by atoms with Crippen LogP contribution in [0.25, 0.3) is 0 Å². The topological polar surface area (TPSA) is 50.2 Å². The minimum absolute atomic E-state index is 0.112. The number of benzene rings is 1. The van der Waals surface area contributed by atoms with Crippen molar-refractivity contribution >= 4 is 5.91 Å². The van der Waals surface area contributed by atoms with E-state index in [1.807, 2.05) is 31.6 Å². The summed E-state index contributed by atoms with van der Waals surface area (Å²) in [7, 11) is 2.04. The first-order chi connectivity index (χ1) is 12.1. The van der Waals surface area contributed by atoms with Crippen molar-refractivity contribution in [3.05, 3.63) is 53.6 Å². The van der Waals surface area contributed by atoms with Gasteiger partial charge < -0.3 is 9.88 Å². The lowest BCUT2D eigenvalue weighted by molar-refractivity contribution is -0.122. The lowest BCUT2D eigenvalue weighted by Gasteiger charge is -2.32. The number of imidazole rings is 1. The first kappa shape index (κ1) is 17.7. The number of carbonyl (C=O) groups excluding carboxylic acids is 1. The molecule has 2 aromatic rings. The fraction of sp³-hybridized carbons (Fsp3) is 0.500. The highest BCUT2D eigenvalue weighted by molar-refractivity contribution is 5.78. The van der Waals surface area contributed by atoms with Gasteiger partial charge in [-0.1, -0.05) is 24.3 Å². The average molecular weight is 340 g/mol. The molecule has 1 N–H and O–H groups in total. The van der Waals surface area contributed by atoms with Crippen LogP contribution in [0.4, 0.5) is 0 Å². The SMILES string of the molecule is Cc1ccccc1CNC(=O)CN1CCC[C@@H](Cc2nccn2C)C1. The first-order valence-electron chi connectivity index (χ1n) is 9.11. The Kier molecular flexibility index (Phi) is 5.87. The molecular weight excluding hydrogens is 312 g/mol. The summed E-state index contributed by atoms with van der Waals surface area (Å²) in [5, 5.41) is 3.06. The van der Waals surface area contributed by atoms with Gasteiger partial charge in [0, 0.05) is 39.0 Å². The molecule has 3 rings (SSSR count). The van der Waals surface area contributed by atoms with Gasteiger partial charge in [-0.25, -0.2) is 4.98 Å². The third-order valence-electron chi connectivity index (χ3n) is 5.10. The number of rotatable bonds is 6. The van der Waals surface area contributed by atoms with Gasteiger partial charge in [0.2, 0.25) is 5.91 Å². The number of amides is 1. The molecule has 1 atom stereocenters. The molecule has 1 aliphatic rings. The van der Waals surface area contributed by atoms with Crippen LogP contribution in [0.5, 0.6) is 0 Å². The second-order valence-electron chi connectivity index (χ2n) is 7.11. The van der Waals surface area contributed by atoms with Crippen molar-refractivity contribution < 1.29 is 4.79 Å². The Morgan fingerprint density at radius 1 is 1.36 bits per heavy atom. The summed E-state index contributed by atoms with van der Waals surface area (Å²) < 4.78 is 2.09. The van der Waals surface area contributed by atoms with E-state index < -0.39 is 0 Å². The number of aryl methyl sites for hydroxylation is 2. The number of likely N-dealkylation sites (tertiary alicyclic amines) is 1. The van der Waals surface area contributed by atoms with E-state index in [0.29, 0.717) is 19.0 Å². The quantitative estimate of drug-likeness (QED) is 0.878. The van der Waals surface area contributed by atoms with Crippen LogP contribution in [-0.2, 0) is 24.8 Å². The molecule has 5 heteroatoms. The highest BCUT2D eigenvalue weighted by Gasteiger charge is 2.22. The number of hydrogen-bond acceptors (Lipinski definition) is 3. The summed E-state index contributed by atoms with van der Waals surface area (Å²) in [5.74, 6) is 1.83. The van der Waals surface area contributed by atoms with Gasteiger partial charge in [-0.3, -0.25) is 9.69 Å². The fourth-order valence-corrected chi connectivity index (χ4v) is 3.57. The predicted octanol–water partition coefficient (Wildman–Crippen LogP) is 2.30. The Labute approximate surface area is 150 Å². The van der Waals surface area contributed by atoms with Gasteiger partial charge in [0.15, 0.2) is 0 Å². The van der Waals surface area contributed by atoms with Crippen molar-refractivity contribution in [1.29, 1.82) is 0 Å². The smallest absolute Gasteiger partial charge is 0.234 e. The zero-order chi connectivity index (χ0) is 17.6. The van der Waals surface area contributed by atoms with Crippen molar-refractivity contribution in [3.63, 3.8) is 0 Å². The van der Waals surface area contributed by atoms with Crippen molar-refractivity contribution in [2.24, 2.45) is 13.0 Å². The molecule has 1 aromatic heterocycles. The minimum atomic E-state index is 0.112. The van der Waals surface area contributed by atoms with Crippen molar-refractivity contribution in [1.82, 2.24) is 19.8 Å². The van der Waals surface area contributed by atoms with Crippen LogP contribution >= 0.6 is 0 Å².